The van der Waals surface area contributed by atoms with E-state index in [-0.39, 0.29) is 23.0 Å². The summed E-state index contributed by atoms with van der Waals surface area (Å²) in [5.41, 5.74) is 0.584. The molecule has 0 aromatic heterocycles. The van der Waals surface area contributed by atoms with Crippen molar-refractivity contribution in [2.24, 2.45) is 17.3 Å². The normalized spacial score (nSPS) is 27.2. The molecule has 1 N–H and O–H groups in total. The van der Waals surface area contributed by atoms with Crippen LogP contribution in [0.4, 0.5) is 0 Å². The van der Waals surface area contributed by atoms with Crippen molar-refractivity contribution in [1.29, 1.82) is 10.7 Å². The van der Waals surface area contributed by atoms with Gasteiger partial charge in [0.05, 0.1) is 6.07 Å². The average Bonchev–Trinajstić information content (AvgIpc) is 2.41. The van der Waals surface area contributed by atoms with E-state index in [1.807, 2.05) is 13.8 Å². The molecule has 22 heavy (non-hydrogen) atoms. The molecule has 2 rings (SSSR count). The number of unbranched alkanes of at least 4 members (excludes halogenated alkanes) is 3. The van der Waals surface area contributed by atoms with E-state index < -0.39 is 5.92 Å². The van der Waals surface area contributed by atoms with Crippen molar-refractivity contribution in [2.45, 2.75) is 65.7 Å². The predicted molar refractivity (Wildman–Crippen MR) is 85.2 cm³/mol. The Morgan fingerprint density at radius 1 is 1.32 bits per heavy atom. The number of hydrogen-bond acceptors (Lipinski definition) is 4. The Morgan fingerprint density at radius 2 is 2.05 bits per heavy atom. The molecule has 120 valence electrons. The molecule has 2 aliphatic rings. The Labute approximate surface area is 133 Å². The fourth-order valence-electron chi connectivity index (χ4n) is 3.58. The summed E-state index contributed by atoms with van der Waals surface area (Å²) in [6, 6.07) is 2.18. The fourth-order valence-corrected chi connectivity index (χ4v) is 3.58. The molecule has 0 radical (unpaired) electrons. The summed E-state index contributed by atoms with van der Waals surface area (Å²) in [5.74, 6) is 0.0252. The molecule has 1 heterocycles. The first-order valence-electron chi connectivity index (χ1n) is 8.31. The van der Waals surface area contributed by atoms with Crippen LogP contribution in [0.3, 0.4) is 0 Å². The monoisotopic (exact) mass is 302 g/mol. The number of hydrogen-bond donors (Lipinski definition) is 1. The van der Waals surface area contributed by atoms with E-state index in [2.05, 4.69) is 13.0 Å². The summed E-state index contributed by atoms with van der Waals surface area (Å²) < 4.78 is 5.58. The van der Waals surface area contributed by atoms with Gasteiger partial charge in [0.15, 0.2) is 5.78 Å². The van der Waals surface area contributed by atoms with Crippen LogP contribution in [0, 0.1) is 34.0 Å². The Kier molecular flexibility index (Phi) is 5.05. The molecule has 4 nitrogen and oxygen atoms in total. The minimum Gasteiger partial charge on any atom is -0.446 e. The highest BCUT2D eigenvalue weighted by Crippen LogP contribution is 2.45. The quantitative estimate of drug-likeness (QED) is 0.766. The molecular weight excluding hydrogens is 276 g/mol. The van der Waals surface area contributed by atoms with Crippen LogP contribution in [0.15, 0.2) is 11.3 Å². The SMILES string of the molecule is CCCCCCC1C2=C(CC(C)(C)CC2=O)OC(=N)C1C#N. The van der Waals surface area contributed by atoms with Crippen molar-refractivity contribution in [1.82, 2.24) is 0 Å². The lowest BCUT2D eigenvalue weighted by Crippen LogP contribution is -2.39. The second-order valence-corrected chi connectivity index (χ2v) is 7.31. The third-order valence-electron chi connectivity index (χ3n) is 4.68. The Morgan fingerprint density at radius 3 is 2.68 bits per heavy atom. The van der Waals surface area contributed by atoms with Crippen LogP contribution in [0.1, 0.15) is 65.7 Å². The molecule has 2 atom stereocenters. The van der Waals surface area contributed by atoms with Crippen LogP contribution in [-0.4, -0.2) is 11.7 Å². The van der Waals surface area contributed by atoms with Crippen LogP contribution >= 0.6 is 0 Å². The van der Waals surface area contributed by atoms with Gasteiger partial charge in [0.25, 0.3) is 0 Å². The molecule has 0 amide bonds. The molecule has 1 aliphatic heterocycles. The number of carbonyl (C=O) groups is 1. The first-order chi connectivity index (χ1) is 10.4. The number of carbonyl (C=O) groups excluding carboxylic acids is 1. The van der Waals surface area contributed by atoms with Gasteiger partial charge in [0, 0.05) is 24.3 Å². The second kappa shape index (κ2) is 6.64. The zero-order chi connectivity index (χ0) is 16.3. The maximum atomic E-state index is 12.6. The van der Waals surface area contributed by atoms with Crippen molar-refractivity contribution in [3.05, 3.63) is 11.3 Å². The van der Waals surface area contributed by atoms with Gasteiger partial charge < -0.3 is 4.74 Å². The van der Waals surface area contributed by atoms with Gasteiger partial charge in [-0.1, -0.05) is 46.5 Å². The fraction of sp³-hybridized carbons (Fsp3) is 0.722. The smallest absolute Gasteiger partial charge is 0.204 e. The molecule has 0 spiro atoms. The maximum absolute atomic E-state index is 12.6. The summed E-state index contributed by atoms with van der Waals surface area (Å²) >= 11 is 0. The van der Waals surface area contributed by atoms with Gasteiger partial charge in [0.1, 0.15) is 11.7 Å². The molecule has 0 saturated heterocycles. The zero-order valence-corrected chi connectivity index (χ0v) is 13.9. The molecule has 1 aliphatic carbocycles. The Hall–Kier alpha value is -1.63. The molecule has 0 aromatic rings. The predicted octanol–water partition coefficient (Wildman–Crippen LogP) is 4.36. The van der Waals surface area contributed by atoms with Crippen LogP contribution in [0.25, 0.3) is 0 Å². The van der Waals surface area contributed by atoms with Crippen LogP contribution in [0.5, 0.6) is 0 Å². The topological polar surface area (TPSA) is 73.9 Å². The lowest BCUT2D eigenvalue weighted by molar-refractivity contribution is -0.119. The lowest BCUT2D eigenvalue weighted by Gasteiger charge is -2.39. The molecule has 2 unspecified atom stereocenters. The van der Waals surface area contributed by atoms with Crippen molar-refractivity contribution in [2.75, 3.05) is 0 Å². The van der Waals surface area contributed by atoms with Crippen LogP contribution in [-0.2, 0) is 9.53 Å². The number of nitriles is 1. The number of ether oxygens (including phenoxy) is 1. The standard InChI is InChI=1S/C18H26N2O2/c1-4-5-6-7-8-12-13(11-19)17(20)22-15-10-18(2,3)9-14(21)16(12)15/h12-13,20H,4-10H2,1-3H3. The van der Waals surface area contributed by atoms with Crippen molar-refractivity contribution in [3.63, 3.8) is 0 Å². The summed E-state index contributed by atoms with van der Waals surface area (Å²) in [7, 11) is 0. The van der Waals surface area contributed by atoms with Crippen LogP contribution < -0.4 is 0 Å². The molecule has 0 bridgehead atoms. The van der Waals surface area contributed by atoms with Crippen LogP contribution in [0.2, 0.25) is 0 Å². The van der Waals surface area contributed by atoms with Gasteiger partial charge in [-0.2, -0.15) is 5.26 Å². The van der Waals surface area contributed by atoms with Gasteiger partial charge in [-0.15, -0.1) is 0 Å². The van der Waals surface area contributed by atoms with Gasteiger partial charge in [-0.25, -0.2) is 0 Å². The van der Waals surface area contributed by atoms with E-state index in [1.54, 1.807) is 0 Å². The maximum Gasteiger partial charge on any atom is 0.204 e. The van der Waals surface area contributed by atoms with E-state index in [9.17, 15) is 10.1 Å². The van der Waals surface area contributed by atoms with Gasteiger partial charge >= 0.3 is 0 Å². The summed E-state index contributed by atoms with van der Waals surface area (Å²) in [4.78, 5) is 12.6. The lowest BCUT2D eigenvalue weighted by atomic mass is 9.69. The third-order valence-corrected chi connectivity index (χ3v) is 4.68. The summed E-state index contributed by atoms with van der Waals surface area (Å²) in [5, 5.41) is 17.4. The highest BCUT2D eigenvalue weighted by molar-refractivity contribution is 6.00. The molecule has 4 heteroatoms. The van der Waals surface area contributed by atoms with Crippen molar-refractivity contribution < 1.29 is 9.53 Å². The minimum absolute atomic E-state index is 0.0206. The number of allylic oxidation sites excluding steroid dienone is 2. The molecule has 0 saturated carbocycles. The first-order valence-corrected chi connectivity index (χ1v) is 8.31. The largest absolute Gasteiger partial charge is 0.446 e. The minimum atomic E-state index is -0.606. The van der Waals surface area contributed by atoms with Crippen molar-refractivity contribution >= 4 is 11.7 Å². The number of rotatable bonds is 5. The highest BCUT2D eigenvalue weighted by Gasteiger charge is 2.45. The molecule has 0 aromatic carbocycles. The summed E-state index contributed by atoms with van der Waals surface area (Å²) in [6.45, 7) is 6.26. The number of ketones is 1. The van der Waals surface area contributed by atoms with E-state index in [0.29, 0.717) is 24.2 Å². The second-order valence-electron chi connectivity index (χ2n) is 7.31. The molecular formula is C18H26N2O2. The number of nitrogens with one attached hydrogen (secondary N) is 1. The van der Waals surface area contributed by atoms with Gasteiger partial charge in [0.2, 0.25) is 5.90 Å². The average molecular weight is 302 g/mol. The van der Waals surface area contributed by atoms with E-state index in [0.717, 1.165) is 25.7 Å². The Balaban J connectivity index is 2.27. The zero-order valence-electron chi connectivity index (χ0n) is 13.9. The number of Topliss-reactive ketones (excluding diaryl/α,β-unsaturated/α-hetero) is 1. The molecule has 0 fully saturated rings. The Bertz CT molecular complexity index is 540. The highest BCUT2D eigenvalue weighted by atomic mass is 16.5. The number of nitrogens with zero attached hydrogens (tertiary/aromatic N) is 1. The van der Waals surface area contributed by atoms with Gasteiger partial charge in [-0.05, 0) is 11.8 Å². The third kappa shape index (κ3) is 3.40. The van der Waals surface area contributed by atoms with E-state index in [1.165, 1.54) is 6.42 Å². The first kappa shape index (κ1) is 16.7. The van der Waals surface area contributed by atoms with Crippen molar-refractivity contribution in [3.8, 4) is 6.07 Å². The van der Waals surface area contributed by atoms with E-state index in [4.69, 9.17) is 10.1 Å². The van der Waals surface area contributed by atoms with E-state index >= 15 is 0 Å². The summed E-state index contributed by atoms with van der Waals surface area (Å²) in [6.07, 6.45) is 6.43. The van der Waals surface area contributed by atoms with Gasteiger partial charge in [-0.3, -0.25) is 10.2 Å².